The predicted octanol–water partition coefficient (Wildman–Crippen LogP) is -1.82. The Morgan fingerprint density at radius 2 is 1.30 bits per heavy atom. The number of carboxylic acid groups (broad SMARTS) is 1. The summed E-state index contributed by atoms with van der Waals surface area (Å²) in [5, 5.41) is 8.52. The Bertz CT molecular complexity index is 405. The summed E-state index contributed by atoms with van der Waals surface area (Å²) in [4.78, 5) is 33.4. The summed E-state index contributed by atoms with van der Waals surface area (Å²) in [6.45, 7) is 2.22. The molecule has 0 radical (unpaired) electrons. The third kappa shape index (κ3) is 24.0. The van der Waals surface area contributed by atoms with Crippen molar-refractivity contribution in [2.75, 3.05) is 0 Å². The number of aliphatic carboxylic acids is 1. The maximum absolute atomic E-state index is 11.5. The van der Waals surface area contributed by atoms with Crippen molar-refractivity contribution in [2.45, 2.75) is 103 Å². The average molecular weight is 438 g/mol. The number of carbonyl (C=O) groups is 3. The molecule has 8 heteroatoms. The molecule has 0 heterocycles. The molecule has 6 nitrogen and oxygen atoms in total. The van der Waals surface area contributed by atoms with E-state index in [1.54, 1.807) is 0 Å². The van der Waals surface area contributed by atoms with Gasteiger partial charge in [0.25, 0.3) is 0 Å². The van der Waals surface area contributed by atoms with E-state index in [1.807, 2.05) is 0 Å². The number of rotatable bonds is 16. The van der Waals surface area contributed by atoms with Crippen molar-refractivity contribution in [1.82, 2.24) is 0 Å². The van der Waals surface area contributed by atoms with Gasteiger partial charge in [0.05, 0.1) is 0 Å². The summed E-state index contributed by atoms with van der Waals surface area (Å²) in [6.07, 6.45) is 13.0. The van der Waals surface area contributed by atoms with Gasteiger partial charge in [0, 0.05) is 12.8 Å². The van der Waals surface area contributed by atoms with Crippen molar-refractivity contribution in [1.29, 1.82) is 0 Å². The zero-order valence-corrected chi connectivity index (χ0v) is 23.9. The minimum atomic E-state index is -1.06. The molecule has 0 aliphatic carbocycles. The molecule has 27 heavy (non-hydrogen) atoms. The smallest absolute Gasteiger partial charge is 1.00 e. The first-order valence-electron chi connectivity index (χ1n) is 9.69. The molecule has 0 saturated carbocycles. The fraction of sp³-hybridized carbons (Fsp3) is 0.842. The van der Waals surface area contributed by atoms with Gasteiger partial charge in [-0.2, -0.15) is 0 Å². The molecular weight excluding hydrogens is 400 g/mol. The number of esters is 2. The molecule has 0 amide bonds. The summed E-state index contributed by atoms with van der Waals surface area (Å²) in [6, 6.07) is -1.06. The van der Waals surface area contributed by atoms with E-state index >= 15 is 0 Å². The molecule has 3 N–H and O–H groups in total. The summed E-state index contributed by atoms with van der Waals surface area (Å²) in [5.74, 6) is -2.45. The van der Waals surface area contributed by atoms with Crippen molar-refractivity contribution in [3.8, 4) is 0 Å². The molecule has 0 aromatic carbocycles. The van der Waals surface area contributed by atoms with Crippen LogP contribution in [0.5, 0.6) is 0 Å². The molecule has 1 atom stereocenters. The zero-order valence-electron chi connectivity index (χ0n) is 19.6. The number of hydrogen-bond donors (Lipinski definition) is 2. The minimum absolute atomic E-state index is 0. The van der Waals surface area contributed by atoms with E-state index in [-0.39, 0.29) is 125 Å². The third-order valence-corrected chi connectivity index (χ3v) is 4.17. The molecular formula is C19H37K2NO5. The van der Waals surface area contributed by atoms with E-state index in [0.29, 0.717) is 6.42 Å². The van der Waals surface area contributed by atoms with Crippen molar-refractivity contribution in [3.63, 3.8) is 0 Å². The molecule has 0 saturated heterocycles. The molecule has 0 aromatic rings. The van der Waals surface area contributed by atoms with Crippen LogP contribution in [0.4, 0.5) is 0 Å². The number of unbranched alkanes of at least 4 members (excludes halogenated alkanes) is 10. The van der Waals surface area contributed by atoms with Crippen molar-refractivity contribution >= 4 is 17.9 Å². The van der Waals surface area contributed by atoms with Crippen LogP contribution in [-0.4, -0.2) is 29.1 Å². The molecule has 0 rings (SSSR count). The first kappa shape index (κ1) is 33.5. The van der Waals surface area contributed by atoms with Crippen LogP contribution < -0.4 is 109 Å². The number of ether oxygens (including phenoxy) is 1. The molecule has 1 unspecified atom stereocenters. The fourth-order valence-electron chi connectivity index (χ4n) is 2.57. The molecule has 0 fully saturated rings. The second-order valence-corrected chi connectivity index (χ2v) is 6.62. The van der Waals surface area contributed by atoms with Gasteiger partial charge in [-0.05, 0) is 12.8 Å². The van der Waals surface area contributed by atoms with Crippen LogP contribution in [0.1, 0.15) is 99.7 Å². The van der Waals surface area contributed by atoms with Gasteiger partial charge in [0.2, 0.25) is 0 Å². The van der Waals surface area contributed by atoms with E-state index in [4.69, 9.17) is 10.8 Å². The van der Waals surface area contributed by atoms with Gasteiger partial charge >= 0.3 is 121 Å². The Morgan fingerprint density at radius 3 is 1.74 bits per heavy atom. The van der Waals surface area contributed by atoms with Gasteiger partial charge in [-0.15, -0.1) is 0 Å². The van der Waals surface area contributed by atoms with Crippen LogP contribution >= 0.6 is 0 Å². The first-order chi connectivity index (χ1) is 12.0. The largest absolute Gasteiger partial charge is 1.00 e. The summed E-state index contributed by atoms with van der Waals surface area (Å²) < 4.78 is 4.64. The van der Waals surface area contributed by atoms with Crippen molar-refractivity contribution in [3.05, 3.63) is 0 Å². The Balaban J connectivity index is -0.000000480. The number of nitrogens with two attached hydrogens (primary N) is 1. The summed E-state index contributed by atoms with van der Waals surface area (Å²) in [5.41, 5.74) is 5.48. The maximum atomic E-state index is 11.5. The summed E-state index contributed by atoms with van der Waals surface area (Å²) in [7, 11) is 0. The van der Waals surface area contributed by atoms with Crippen LogP contribution in [0.2, 0.25) is 0 Å². The van der Waals surface area contributed by atoms with E-state index in [1.165, 1.54) is 51.4 Å². The van der Waals surface area contributed by atoms with E-state index in [2.05, 4.69) is 11.7 Å². The Morgan fingerprint density at radius 1 is 0.852 bits per heavy atom. The van der Waals surface area contributed by atoms with E-state index < -0.39 is 23.9 Å². The van der Waals surface area contributed by atoms with Crippen LogP contribution in [0, 0.1) is 0 Å². The molecule has 0 aromatic heterocycles. The predicted molar refractivity (Wildman–Crippen MR) is 99.2 cm³/mol. The Labute approximate surface area is 252 Å². The molecule has 0 aliphatic rings. The van der Waals surface area contributed by atoms with E-state index in [9.17, 15) is 14.4 Å². The third-order valence-electron chi connectivity index (χ3n) is 4.17. The number of hydrogen-bond acceptors (Lipinski definition) is 5. The van der Waals surface area contributed by atoms with E-state index in [0.717, 1.165) is 12.8 Å². The van der Waals surface area contributed by atoms with Crippen LogP contribution in [-0.2, 0) is 19.1 Å². The zero-order chi connectivity index (χ0) is 18.9. The average Bonchev–Trinajstić information content (AvgIpc) is 2.57. The maximum Gasteiger partial charge on any atom is 1.00 e. The standard InChI is InChI=1S/C19H35NO5.2K.2H/c1-2-3-4-5-6-7-8-9-10-11-12-13-18(23)25-19(24)16(20)14-15-17(21)22;;;;/h16H,2-15,20H2,1H3,(H,21,22);;;;/q;2*+1;2*-1. The quantitative estimate of drug-likeness (QED) is 0.127. The Kier molecular flexibility index (Phi) is 29.9. The van der Waals surface area contributed by atoms with Crippen molar-refractivity contribution in [2.24, 2.45) is 5.73 Å². The monoisotopic (exact) mass is 437 g/mol. The van der Waals surface area contributed by atoms with Gasteiger partial charge in [-0.1, -0.05) is 71.1 Å². The Hall–Kier alpha value is 1.84. The number of carbonyl (C=O) groups excluding carboxylic acids is 2. The van der Waals surface area contributed by atoms with Crippen molar-refractivity contribution < 1.29 is 130 Å². The normalized spacial score (nSPS) is 11.0. The topological polar surface area (TPSA) is 107 Å². The van der Waals surface area contributed by atoms with Gasteiger partial charge in [-0.25, -0.2) is 4.79 Å². The van der Waals surface area contributed by atoms with Gasteiger partial charge in [0.15, 0.2) is 0 Å². The second kappa shape index (κ2) is 24.1. The van der Waals surface area contributed by atoms with Gasteiger partial charge in [0.1, 0.15) is 6.04 Å². The molecule has 0 spiro atoms. The van der Waals surface area contributed by atoms with Crippen LogP contribution in [0.25, 0.3) is 0 Å². The molecule has 150 valence electrons. The van der Waals surface area contributed by atoms with Gasteiger partial charge < -0.3 is 18.4 Å². The first-order valence-corrected chi connectivity index (χ1v) is 9.69. The van der Waals surface area contributed by atoms with Crippen LogP contribution in [0.3, 0.4) is 0 Å². The van der Waals surface area contributed by atoms with Gasteiger partial charge in [-0.3, -0.25) is 9.59 Å². The number of carboxylic acids is 1. The fourth-order valence-corrected chi connectivity index (χ4v) is 2.57. The SMILES string of the molecule is CCCCCCCCCCCCCC(=O)OC(=O)C(N)CCC(=O)O.[H-].[H-].[K+].[K+]. The molecule has 0 bridgehead atoms. The minimum Gasteiger partial charge on any atom is -1.00 e. The second-order valence-electron chi connectivity index (χ2n) is 6.62. The molecule has 0 aliphatic heterocycles. The van der Waals surface area contributed by atoms with Crippen LogP contribution in [0.15, 0.2) is 0 Å². The summed E-state index contributed by atoms with van der Waals surface area (Å²) >= 11 is 0.